The van der Waals surface area contributed by atoms with Gasteiger partial charge in [-0.25, -0.2) is 4.79 Å². The first-order chi connectivity index (χ1) is 15.2. The van der Waals surface area contributed by atoms with Gasteiger partial charge in [-0.1, -0.05) is 60.2 Å². The molecule has 3 unspecified atom stereocenters. The summed E-state index contributed by atoms with van der Waals surface area (Å²) < 4.78 is 10.7. The molecule has 6 atom stereocenters. The molecule has 0 radical (unpaired) electrons. The molecule has 0 aliphatic carbocycles. The molecular formula is C25H28O7. The number of allylic oxidation sites excluding steroid dienone is 2. The molecule has 32 heavy (non-hydrogen) atoms. The van der Waals surface area contributed by atoms with E-state index < -0.39 is 36.2 Å². The van der Waals surface area contributed by atoms with Crippen molar-refractivity contribution in [3.63, 3.8) is 0 Å². The standard InChI is InChI=1S/C25H28O7/c1-4-17(18-10-5-15(2)6-11-18)12-7-16-8-13-19(14-9-16)31-22-20(26)21(27)23(28)32-25(22,3)24(29)30/h4-14,17,20-23,26-28H,1H2,2-3H3,(H,29,30)/b12-7-/t17?,20-,21?,22+,23+,25?/m1/s1. The lowest BCUT2D eigenvalue weighted by molar-refractivity contribution is -0.305. The van der Waals surface area contributed by atoms with Gasteiger partial charge in [0.1, 0.15) is 18.0 Å². The van der Waals surface area contributed by atoms with Crippen molar-refractivity contribution in [1.29, 1.82) is 0 Å². The number of carboxylic acids is 1. The van der Waals surface area contributed by atoms with Gasteiger partial charge in [-0.15, -0.1) is 6.58 Å². The van der Waals surface area contributed by atoms with Gasteiger partial charge >= 0.3 is 5.97 Å². The van der Waals surface area contributed by atoms with Crippen LogP contribution in [-0.4, -0.2) is 56.6 Å². The summed E-state index contributed by atoms with van der Waals surface area (Å²) in [4.78, 5) is 11.7. The van der Waals surface area contributed by atoms with Crippen molar-refractivity contribution in [3.05, 3.63) is 84.0 Å². The Bertz CT molecular complexity index is 967. The fourth-order valence-electron chi connectivity index (χ4n) is 3.55. The number of aliphatic hydroxyl groups excluding tert-OH is 3. The predicted molar refractivity (Wildman–Crippen MR) is 119 cm³/mol. The molecule has 2 aromatic carbocycles. The van der Waals surface area contributed by atoms with Crippen LogP contribution in [0.15, 0.2) is 67.3 Å². The summed E-state index contributed by atoms with van der Waals surface area (Å²) in [5.74, 6) is -1.10. The zero-order valence-electron chi connectivity index (χ0n) is 18.0. The lowest BCUT2D eigenvalue weighted by Crippen LogP contribution is -2.68. The maximum absolute atomic E-state index is 11.7. The van der Waals surface area contributed by atoms with E-state index in [-0.39, 0.29) is 11.7 Å². The van der Waals surface area contributed by atoms with Gasteiger partial charge in [0.2, 0.25) is 5.60 Å². The SMILES string of the molecule is C=CC(/C=C\c1ccc(O[C@H]2[C@H](O)C(O)[C@@H](O)OC2(C)C(=O)O)cc1)c1ccc(C)cc1. The van der Waals surface area contributed by atoms with Gasteiger partial charge in [0.05, 0.1) is 0 Å². The number of carboxylic acid groups (broad SMARTS) is 1. The van der Waals surface area contributed by atoms with Gasteiger partial charge in [-0.3, -0.25) is 0 Å². The molecule has 0 bridgehead atoms. The molecule has 0 saturated carbocycles. The largest absolute Gasteiger partial charge is 0.484 e. The van der Waals surface area contributed by atoms with E-state index in [1.165, 1.54) is 12.5 Å². The van der Waals surface area contributed by atoms with Gasteiger partial charge in [0.15, 0.2) is 12.4 Å². The molecule has 1 aliphatic heterocycles. The number of carbonyl (C=O) groups is 1. The molecule has 0 spiro atoms. The van der Waals surface area contributed by atoms with Gasteiger partial charge in [-0.05, 0) is 37.1 Å². The molecule has 170 valence electrons. The molecule has 4 N–H and O–H groups in total. The van der Waals surface area contributed by atoms with Crippen molar-refractivity contribution in [2.24, 2.45) is 0 Å². The van der Waals surface area contributed by atoms with Crippen LogP contribution in [0.3, 0.4) is 0 Å². The Morgan fingerprint density at radius 1 is 1.09 bits per heavy atom. The van der Waals surface area contributed by atoms with E-state index in [0.717, 1.165) is 11.1 Å². The Labute approximate surface area is 186 Å². The molecule has 2 aromatic rings. The van der Waals surface area contributed by atoms with Crippen LogP contribution in [0.2, 0.25) is 0 Å². The van der Waals surface area contributed by atoms with Crippen LogP contribution in [0.4, 0.5) is 0 Å². The van der Waals surface area contributed by atoms with Crippen LogP contribution in [-0.2, 0) is 9.53 Å². The second kappa shape index (κ2) is 9.67. The predicted octanol–water partition coefficient (Wildman–Crippen LogP) is 2.64. The van der Waals surface area contributed by atoms with Crippen molar-refractivity contribution in [1.82, 2.24) is 0 Å². The number of aliphatic hydroxyl groups is 3. The highest BCUT2D eigenvalue weighted by Gasteiger charge is 2.57. The third kappa shape index (κ3) is 4.92. The van der Waals surface area contributed by atoms with Gasteiger partial charge in [0.25, 0.3) is 0 Å². The first-order valence-electron chi connectivity index (χ1n) is 10.2. The van der Waals surface area contributed by atoms with Crippen LogP contribution >= 0.6 is 0 Å². The molecule has 1 aliphatic rings. The Morgan fingerprint density at radius 2 is 1.72 bits per heavy atom. The van der Waals surface area contributed by atoms with Crippen LogP contribution in [0.1, 0.15) is 29.5 Å². The monoisotopic (exact) mass is 440 g/mol. The van der Waals surface area contributed by atoms with Crippen molar-refractivity contribution in [3.8, 4) is 5.75 Å². The summed E-state index contributed by atoms with van der Waals surface area (Å²) in [6.45, 7) is 7.12. The topological polar surface area (TPSA) is 116 Å². The highest BCUT2D eigenvalue weighted by molar-refractivity contribution is 5.78. The van der Waals surface area contributed by atoms with E-state index >= 15 is 0 Å². The van der Waals surface area contributed by atoms with E-state index in [1.807, 2.05) is 25.2 Å². The Balaban J connectivity index is 1.74. The molecule has 3 rings (SSSR count). The maximum atomic E-state index is 11.7. The number of aryl methyl sites for hydroxylation is 1. The normalized spacial score (nSPS) is 28.9. The summed E-state index contributed by atoms with van der Waals surface area (Å²) in [6.07, 6.45) is -0.831. The first-order valence-corrected chi connectivity index (χ1v) is 10.2. The number of aliphatic carboxylic acids is 1. The second-order valence-corrected chi connectivity index (χ2v) is 8.04. The number of rotatable bonds is 7. The van der Waals surface area contributed by atoms with Gasteiger partial charge < -0.3 is 29.9 Å². The van der Waals surface area contributed by atoms with E-state index in [9.17, 15) is 25.2 Å². The molecule has 1 saturated heterocycles. The molecule has 7 heteroatoms. The molecular weight excluding hydrogens is 412 g/mol. The zero-order chi connectivity index (χ0) is 23.5. The highest BCUT2D eigenvalue weighted by Crippen LogP contribution is 2.33. The third-order valence-corrected chi connectivity index (χ3v) is 5.64. The molecule has 1 heterocycles. The van der Waals surface area contributed by atoms with Gasteiger partial charge in [0, 0.05) is 5.92 Å². The number of ether oxygens (including phenoxy) is 2. The summed E-state index contributed by atoms with van der Waals surface area (Å²) in [5.41, 5.74) is 1.14. The Kier molecular flexibility index (Phi) is 7.16. The van der Waals surface area contributed by atoms with E-state index in [4.69, 9.17) is 9.47 Å². The van der Waals surface area contributed by atoms with Crippen LogP contribution in [0.25, 0.3) is 6.08 Å². The Hall–Kier alpha value is -2.97. The maximum Gasteiger partial charge on any atom is 0.339 e. The first kappa shape index (κ1) is 23.7. The Morgan fingerprint density at radius 3 is 2.28 bits per heavy atom. The average Bonchev–Trinajstić information content (AvgIpc) is 2.77. The zero-order valence-corrected chi connectivity index (χ0v) is 18.0. The van der Waals surface area contributed by atoms with E-state index in [1.54, 1.807) is 24.3 Å². The van der Waals surface area contributed by atoms with Crippen molar-refractivity contribution in [2.75, 3.05) is 0 Å². The minimum atomic E-state index is -2.05. The van der Waals surface area contributed by atoms with E-state index in [2.05, 4.69) is 30.8 Å². The molecule has 0 amide bonds. The van der Waals surface area contributed by atoms with E-state index in [0.29, 0.717) is 0 Å². The fraction of sp³-hybridized carbons (Fsp3) is 0.320. The minimum absolute atomic E-state index is 0.0465. The number of hydrogen-bond acceptors (Lipinski definition) is 6. The summed E-state index contributed by atoms with van der Waals surface area (Å²) >= 11 is 0. The minimum Gasteiger partial charge on any atom is -0.484 e. The smallest absolute Gasteiger partial charge is 0.339 e. The van der Waals surface area contributed by atoms with Gasteiger partial charge in [-0.2, -0.15) is 0 Å². The molecule has 1 fully saturated rings. The quantitative estimate of drug-likeness (QED) is 0.489. The highest BCUT2D eigenvalue weighted by atomic mass is 16.7. The van der Waals surface area contributed by atoms with Crippen LogP contribution in [0.5, 0.6) is 5.75 Å². The van der Waals surface area contributed by atoms with Crippen molar-refractivity contribution < 1.29 is 34.7 Å². The fourth-order valence-corrected chi connectivity index (χ4v) is 3.55. The van der Waals surface area contributed by atoms with Crippen molar-refractivity contribution in [2.45, 2.75) is 50.0 Å². The molecule has 7 nitrogen and oxygen atoms in total. The summed E-state index contributed by atoms with van der Waals surface area (Å²) in [6, 6.07) is 15.0. The van der Waals surface area contributed by atoms with Crippen LogP contribution in [0, 0.1) is 6.92 Å². The summed E-state index contributed by atoms with van der Waals surface area (Å²) in [5, 5.41) is 39.4. The average molecular weight is 440 g/mol. The third-order valence-electron chi connectivity index (χ3n) is 5.64. The number of hydrogen-bond donors (Lipinski definition) is 4. The number of benzene rings is 2. The second-order valence-electron chi connectivity index (χ2n) is 8.04. The van der Waals surface area contributed by atoms with Crippen LogP contribution < -0.4 is 4.74 Å². The van der Waals surface area contributed by atoms with Crippen molar-refractivity contribution >= 4 is 12.0 Å². The summed E-state index contributed by atoms with van der Waals surface area (Å²) in [7, 11) is 0. The lowest BCUT2D eigenvalue weighted by Gasteiger charge is -2.44. The lowest BCUT2D eigenvalue weighted by atomic mass is 9.88. The molecule has 0 aromatic heterocycles.